The molecule has 1 N–H and O–H groups in total. The molecule has 0 bridgehead atoms. The summed E-state index contributed by atoms with van der Waals surface area (Å²) in [5.41, 5.74) is 2.27. The van der Waals surface area contributed by atoms with Crippen LogP contribution in [0.2, 0.25) is 0 Å². The second-order valence-electron chi connectivity index (χ2n) is 2.90. The first-order chi connectivity index (χ1) is 6.45. The molecule has 0 saturated carbocycles. The van der Waals surface area contributed by atoms with Gasteiger partial charge < -0.3 is 5.32 Å². The summed E-state index contributed by atoms with van der Waals surface area (Å²) in [4.78, 5) is 0. The molecule has 1 aliphatic heterocycles. The van der Waals surface area contributed by atoms with Gasteiger partial charge in [-0.15, -0.1) is 0 Å². The molecule has 2 aromatic rings. The van der Waals surface area contributed by atoms with Gasteiger partial charge in [0.15, 0.2) is 0 Å². The van der Waals surface area contributed by atoms with E-state index in [0.717, 1.165) is 12.2 Å². The molecule has 1 aliphatic rings. The second kappa shape index (κ2) is 2.29. The molecule has 0 fully saturated rings. The maximum absolute atomic E-state index is 3.89. The Hall–Kier alpha value is -1.91. The van der Waals surface area contributed by atoms with Crippen molar-refractivity contribution in [1.82, 2.24) is 20.2 Å². The number of nitrogens with one attached hydrogen (secondary N) is 1. The van der Waals surface area contributed by atoms with E-state index in [1.54, 1.807) is 4.68 Å². The molecular formula is C8H7N5. The highest BCUT2D eigenvalue weighted by molar-refractivity contribution is 5.49. The highest BCUT2D eigenvalue weighted by Crippen LogP contribution is 2.21. The van der Waals surface area contributed by atoms with Crippen LogP contribution in [0.1, 0.15) is 5.56 Å². The Kier molecular flexibility index (Phi) is 1.16. The number of aromatic nitrogens is 4. The largest absolute Gasteiger partial charge is 0.349 e. The first kappa shape index (κ1) is 6.59. The minimum Gasteiger partial charge on any atom is -0.349 e. The molecule has 0 radical (unpaired) electrons. The highest BCUT2D eigenvalue weighted by atomic mass is 15.6. The molecule has 0 aliphatic carbocycles. The van der Waals surface area contributed by atoms with Gasteiger partial charge >= 0.3 is 0 Å². The molecule has 0 saturated heterocycles. The summed E-state index contributed by atoms with van der Waals surface area (Å²) in [6.45, 7) is 0.788. The van der Waals surface area contributed by atoms with E-state index < -0.39 is 0 Å². The molecule has 0 spiro atoms. The lowest BCUT2D eigenvalue weighted by atomic mass is 10.1. The van der Waals surface area contributed by atoms with Crippen molar-refractivity contribution in [3.63, 3.8) is 0 Å². The van der Waals surface area contributed by atoms with Gasteiger partial charge in [-0.3, -0.25) is 0 Å². The maximum atomic E-state index is 3.89. The molecule has 5 heteroatoms. The van der Waals surface area contributed by atoms with Crippen molar-refractivity contribution < 1.29 is 0 Å². The van der Waals surface area contributed by atoms with E-state index in [1.807, 2.05) is 18.2 Å². The van der Waals surface area contributed by atoms with E-state index in [1.165, 1.54) is 5.56 Å². The van der Waals surface area contributed by atoms with Gasteiger partial charge in [-0.2, -0.15) is 4.68 Å². The number of nitrogens with zero attached hydrogens (tertiary/aromatic N) is 4. The van der Waals surface area contributed by atoms with Crippen LogP contribution in [0.15, 0.2) is 24.3 Å². The van der Waals surface area contributed by atoms with Crippen LogP contribution in [0.3, 0.4) is 0 Å². The smallest absolute Gasteiger partial charge is 0.248 e. The predicted octanol–water partition coefficient (Wildman–Crippen LogP) is 0.588. The van der Waals surface area contributed by atoms with Crippen LogP contribution in [0.25, 0.3) is 5.69 Å². The van der Waals surface area contributed by atoms with Crippen molar-refractivity contribution in [2.45, 2.75) is 6.54 Å². The van der Waals surface area contributed by atoms with Crippen molar-refractivity contribution in [3.05, 3.63) is 29.8 Å². The number of hydrogen-bond donors (Lipinski definition) is 1. The van der Waals surface area contributed by atoms with Crippen LogP contribution in [0.4, 0.5) is 5.95 Å². The van der Waals surface area contributed by atoms with E-state index in [-0.39, 0.29) is 0 Å². The summed E-state index contributed by atoms with van der Waals surface area (Å²) in [5, 5.41) is 14.5. The molecule has 0 unspecified atom stereocenters. The minimum atomic E-state index is 0.707. The zero-order chi connectivity index (χ0) is 8.67. The van der Waals surface area contributed by atoms with E-state index in [2.05, 4.69) is 26.9 Å². The summed E-state index contributed by atoms with van der Waals surface area (Å²) < 4.78 is 1.71. The number of hydrogen-bond acceptors (Lipinski definition) is 4. The molecule has 0 amide bonds. The molecule has 1 aromatic heterocycles. The third-order valence-corrected chi connectivity index (χ3v) is 2.13. The number of fused-ring (bicyclic) bond motifs is 3. The Morgan fingerprint density at radius 3 is 3.23 bits per heavy atom. The average molecular weight is 173 g/mol. The number of rotatable bonds is 0. The quantitative estimate of drug-likeness (QED) is 0.633. The van der Waals surface area contributed by atoms with Gasteiger partial charge in [-0.1, -0.05) is 23.3 Å². The lowest BCUT2D eigenvalue weighted by Gasteiger charge is -2.16. The van der Waals surface area contributed by atoms with E-state index >= 15 is 0 Å². The van der Waals surface area contributed by atoms with Crippen molar-refractivity contribution in [3.8, 4) is 5.69 Å². The summed E-state index contributed by atoms with van der Waals surface area (Å²) in [5.74, 6) is 0.707. The van der Waals surface area contributed by atoms with Crippen molar-refractivity contribution >= 4 is 5.95 Å². The van der Waals surface area contributed by atoms with Crippen molar-refractivity contribution in [2.24, 2.45) is 0 Å². The Labute approximate surface area is 74.4 Å². The molecule has 2 heterocycles. The third-order valence-electron chi connectivity index (χ3n) is 2.13. The summed E-state index contributed by atoms with van der Waals surface area (Å²) in [7, 11) is 0. The Balaban J connectivity index is 2.30. The Morgan fingerprint density at radius 1 is 1.31 bits per heavy atom. The van der Waals surface area contributed by atoms with Crippen molar-refractivity contribution in [2.75, 3.05) is 5.32 Å². The maximum Gasteiger partial charge on any atom is 0.248 e. The zero-order valence-electron chi connectivity index (χ0n) is 6.81. The molecule has 13 heavy (non-hydrogen) atoms. The van der Waals surface area contributed by atoms with Crippen LogP contribution < -0.4 is 5.32 Å². The summed E-state index contributed by atoms with van der Waals surface area (Å²) in [6, 6.07) is 8.06. The van der Waals surface area contributed by atoms with Gasteiger partial charge in [0, 0.05) is 6.54 Å². The second-order valence-corrected chi connectivity index (χ2v) is 2.90. The molecule has 0 atom stereocenters. The number of para-hydroxylation sites is 1. The van der Waals surface area contributed by atoms with E-state index in [0.29, 0.717) is 5.95 Å². The number of benzene rings is 1. The SMILES string of the molecule is c1ccc2c(c1)CNc1nnnn1-2. The van der Waals surface area contributed by atoms with Crippen LogP contribution in [-0.4, -0.2) is 20.2 Å². The molecule has 1 aromatic carbocycles. The fourth-order valence-electron chi connectivity index (χ4n) is 1.50. The molecule has 3 rings (SSSR count). The van der Waals surface area contributed by atoms with E-state index in [4.69, 9.17) is 0 Å². The first-order valence-electron chi connectivity index (χ1n) is 4.06. The zero-order valence-corrected chi connectivity index (χ0v) is 6.81. The lowest BCUT2D eigenvalue weighted by molar-refractivity contribution is 0.771. The van der Waals surface area contributed by atoms with Gasteiger partial charge in [0.05, 0.1) is 5.69 Å². The van der Waals surface area contributed by atoms with Crippen molar-refractivity contribution in [1.29, 1.82) is 0 Å². The Morgan fingerprint density at radius 2 is 2.23 bits per heavy atom. The summed E-state index contributed by atoms with van der Waals surface area (Å²) >= 11 is 0. The fraction of sp³-hybridized carbons (Fsp3) is 0.125. The van der Waals surface area contributed by atoms with Crippen LogP contribution in [-0.2, 0) is 6.54 Å². The highest BCUT2D eigenvalue weighted by Gasteiger charge is 2.16. The molecule has 5 nitrogen and oxygen atoms in total. The van der Waals surface area contributed by atoms with Gasteiger partial charge in [-0.25, -0.2) is 0 Å². The lowest BCUT2D eigenvalue weighted by Crippen LogP contribution is -2.15. The topological polar surface area (TPSA) is 55.6 Å². The van der Waals surface area contributed by atoms with Crippen LogP contribution in [0, 0.1) is 0 Å². The minimum absolute atomic E-state index is 0.707. The standard InChI is InChI=1S/C8H7N5/c1-2-4-7-6(3-1)5-9-8-10-11-12-13(7)8/h1-4H,5H2,(H,9,10,12). The normalized spacial score (nSPS) is 12.9. The number of anilines is 1. The van der Waals surface area contributed by atoms with Crippen LogP contribution >= 0.6 is 0 Å². The average Bonchev–Trinajstić information content (AvgIpc) is 2.65. The first-order valence-corrected chi connectivity index (χ1v) is 4.06. The fourth-order valence-corrected chi connectivity index (χ4v) is 1.50. The third kappa shape index (κ3) is 0.837. The predicted molar refractivity (Wildman–Crippen MR) is 46.5 cm³/mol. The van der Waals surface area contributed by atoms with Gasteiger partial charge in [0.1, 0.15) is 0 Å². The Bertz CT molecular complexity index is 447. The monoisotopic (exact) mass is 173 g/mol. The van der Waals surface area contributed by atoms with Gasteiger partial charge in [-0.05, 0) is 22.1 Å². The molecule has 64 valence electrons. The van der Waals surface area contributed by atoms with E-state index in [9.17, 15) is 0 Å². The summed E-state index contributed by atoms with van der Waals surface area (Å²) in [6.07, 6.45) is 0. The van der Waals surface area contributed by atoms with Gasteiger partial charge in [0.2, 0.25) is 5.95 Å². The number of tetrazole rings is 1. The van der Waals surface area contributed by atoms with Gasteiger partial charge in [0.25, 0.3) is 0 Å². The molecular weight excluding hydrogens is 166 g/mol. The van der Waals surface area contributed by atoms with Crippen LogP contribution in [0.5, 0.6) is 0 Å².